The first-order valence-electron chi connectivity index (χ1n) is 10.8. The van der Waals surface area contributed by atoms with Crippen LogP contribution in [-0.4, -0.2) is 37.0 Å². The molecule has 0 unspecified atom stereocenters. The molecule has 0 radical (unpaired) electrons. The number of aromatic nitrogens is 5. The van der Waals surface area contributed by atoms with Gasteiger partial charge in [0.25, 0.3) is 5.91 Å². The Morgan fingerprint density at radius 2 is 2.03 bits per heavy atom. The number of carbonyl (C=O) groups is 1. The number of hydrogen-bond donors (Lipinski definition) is 1. The summed E-state index contributed by atoms with van der Waals surface area (Å²) < 4.78 is 4.00. The van der Waals surface area contributed by atoms with Gasteiger partial charge in [-0.15, -0.1) is 10.2 Å². The summed E-state index contributed by atoms with van der Waals surface area (Å²) in [6, 6.07) is 5.31. The highest BCUT2D eigenvalue weighted by Gasteiger charge is 2.33. The molecular weight excluding hydrogens is 435 g/mol. The Bertz CT molecular complexity index is 1120. The van der Waals surface area contributed by atoms with E-state index in [0.29, 0.717) is 34.5 Å². The van der Waals surface area contributed by atoms with Crippen LogP contribution in [0.3, 0.4) is 0 Å². The van der Waals surface area contributed by atoms with Gasteiger partial charge in [-0.2, -0.15) is 5.10 Å². The van der Waals surface area contributed by atoms with E-state index in [0.717, 1.165) is 55.3 Å². The zero-order valence-corrected chi connectivity index (χ0v) is 18.7. The summed E-state index contributed by atoms with van der Waals surface area (Å²) in [7, 11) is 0. The van der Waals surface area contributed by atoms with Crippen molar-refractivity contribution < 1.29 is 4.79 Å². The van der Waals surface area contributed by atoms with E-state index in [1.165, 1.54) is 12.8 Å². The third-order valence-corrected chi connectivity index (χ3v) is 6.51. The van der Waals surface area contributed by atoms with Gasteiger partial charge < -0.3 is 9.88 Å². The Kier molecular flexibility index (Phi) is 5.71. The third-order valence-electron chi connectivity index (χ3n) is 5.97. The summed E-state index contributed by atoms with van der Waals surface area (Å²) in [6.07, 6.45) is 8.92. The van der Waals surface area contributed by atoms with E-state index in [4.69, 9.17) is 23.2 Å². The van der Waals surface area contributed by atoms with E-state index in [1.54, 1.807) is 23.0 Å². The zero-order chi connectivity index (χ0) is 21.4. The van der Waals surface area contributed by atoms with E-state index in [2.05, 4.69) is 25.2 Å². The molecule has 2 aliphatic rings. The van der Waals surface area contributed by atoms with E-state index >= 15 is 0 Å². The minimum absolute atomic E-state index is 0.117. The van der Waals surface area contributed by atoms with Gasteiger partial charge >= 0.3 is 0 Å². The molecule has 0 spiro atoms. The van der Waals surface area contributed by atoms with Gasteiger partial charge in [0, 0.05) is 36.9 Å². The zero-order valence-electron chi connectivity index (χ0n) is 17.2. The van der Waals surface area contributed by atoms with Gasteiger partial charge in [0.1, 0.15) is 11.6 Å². The highest BCUT2D eigenvalue weighted by atomic mass is 35.5. The number of nitrogens with zero attached hydrogens (tertiary/aromatic N) is 5. The molecule has 1 aliphatic heterocycles. The van der Waals surface area contributed by atoms with Gasteiger partial charge in [0.05, 0.1) is 28.2 Å². The highest BCUT2D eigenvalue weighted by Crippen LogP contribution is 2.43. The van der Waals surface area contributed by atoms with Crippen LogP contribution in [0.5, 0.6) is 0 Å². The summed E-state index contributed by atoms with van der Waals surface area (Å²) in [4.78, 5) is 13.0. The lowest BCUT2D eigenvalue weighted by Gasteiger charge is -2.11. The predicted octanol–water partition coefficient (Wildman–Crippen LogP) is 4.35. The van der Waals surface area contributed by atoms with Gasteiger partial charge in [0.2, 0.25) is 0 Å². The van der Waals surface area contributed by atoms with Crippen LogP contribution < -0.4 is 5.32 Å². The van der Waals surface area contributed by atoms with Crippen molar-refractivity contribution in [1.29, 1.82) is 0 Å². The first kappa shape index (κ1) is 20.5. The molecule has 1 aliphatic carbocycles. The number of hydrogen-bond acceptors (Lipinski definition) is 4. The summed E-state index contributed by atoms with van der Waals surface area (Å²) in [6.45, 7) is 1.47. The molecule has 1 fully saturated rings. The van der Waals surface area contributed by atoms with Crippen LogP contribution in [0.1, 0.15) is 65.7 Å². The van der Waals surface area contributed by atoms with Crippen molar-refractivity contribution in [1.82, 2.24) is 29.9 Å². The number of amides is 1. The van der Waals surface area contributed by atoms with Crippen LogP contribution in [0.15, 0.2) is 24.4 Å². The Balaban J connectivity index is 1.31. The molecule has 1 aromatic carbocycles. The lowest BCUT2D eigenvalue weighted by molar-refractivity contribution is 0.0953. The number of carbonyl (C=O) groups excluding carboxylic acids is 1. The largest absolute Gasteiger partial charge is 0.351 e. The molecule has 0 saturated heterocycles. The van der Waals surface area contributed by atoms with Crippen LogP contribution in [0.4, 0.5) is 0 Å². The van der Waals surface area contributed by atoms with E-state index in [-0.39, 0.29) is 5.91 Å². The Labute approximate surface area is 190 Å². The molecule has 7 nitrogen and oxygen atoms in total. The molecule has 0 atom stereocenters. The third kappa shape index (κ3) is 4.21. The summed E-state index contributed by atoms with van der Waals surface area (Å²) in [5.74, 6) is 2.22. The number of halogens is 2. The van der Waals surface area contributed by atoms with Gasteiger partial charge in [-0.3, -0.25) is 4.79 Å². The number of benzene rings is 1. The molecule has 31 heavy (non-hydrogen) atoms. The molecule has 0 bridgehead atoms. The fourth-order valence-corrected chi connectivity index (χ4v) is 4.73. The van der Waals surface area contributed by atoms with Crippen LogP contribution >= 0.6 is 23.2 Å². The minimum atomic E-state index is -0.117. The normalized spacial score (nSPS) is 16.1. The molecule has 1 amide bonds. The molecule has 5 rings (SSSR count). The number of rotatable bonds is 6. The van der Waals surface area contributed by atoms with Crippen molar-refractivity contribution in [3.8, 4) is 5.69 Å². The molecular formula is C22H24Cl2N6O. The van der Waals surface area contributed by atoms with Crippen molar-refractivity contribution >= 4 is 29.1 Å². The Morgan fingerprint density at radius 1 is 1.16 bits per heavy atom. The fraction of sp³-hybridized carbons (Fsp3) is 0.455. The van der Waals surface area contributed by atoms with Crippen LogP contribution in [0, 0.1) is 0 Å². The summed E-state index contributed by atoms with van der Waals surface area (Å²) in [5.41, 5.74) is 2.25. The predicted molar refractivity (Wildman–Crippen MR) is 119 cm³/mol. The van der Waals surface area contributed by atoms with Crippen molar-refractivity contribution in [2.75, 3.05) is 6.54 Å². The quantitative estimate of drug-likeness (QED) is 0.595. The minimum Gasteiger partial charge on any atom is -0.351 e. The maximum atomic E-state index is 13.0. The monoisotopic (exact) mass is 458 g/mol. The first-order chi connectivity index (χ1) is 15.1. The number of fused-ring (bicyclic) bond motifs is 1. The van der Waals surface area contributed by atoms with Gasteiger partial charge in [-0.05, 0) is 43.9 Å². The van der Waals surface area contributed by atoms with E-state index < -0.39 is 0 Å². The maximum absolute atomic E-state index is 13.0. The SMILES string of the molecule is O=C(NCCc1nnc2n1CCCCC2)c1cnn(-c2ccc(Cl)cc2Cl)c1C1CC1. The van der Waals surface area contributed by atoms with Gasteiger partial charge in [-0.25, -0.2) is 4.68 Å². The smallest absolute Gasteiger partial charge is 0.254 e. The molecule has 3 heterocycles. The average Bonchev–Trinajstić information content (AvgIpc) is 3.45. The molecule has 1 N–H and O–H groups in total. The second kappa shape index (κ2) is 8.63. The topological polar surface area (TPSA) is 77.6 Å². The first-order valence-corrected chi connectivity index (χ1v) is 11.6. The maximum Gasteiger partial charge on any atom is 0.254 e. The Morgan fingerprint density at radius 3 is 2.84 bits per heavy atom. The second-order valence-electron chi connectivity index (χ2n) is 8.23. The number of aryl methyl sites for hydroxylation is 1. The Hall–Kier alpha value is -2.38. The molecule has 9 heteroatoms. The van der Waals surface area contributed by atoms with Gasteiger partial charge in [0.15, 0.2) is 0 Å². The van der Waals surface area contributed by atoms with Crippen molar-refractivity contribution in [3.63, 3.8) is 0 Å². The second-order valence-corrected chi connectivity index (χ2v) is 9.07. The summed E-state index contributed by atoms with van der Waals surface area (Å²) >= 11 is 12.4. The van der Waals surface area contributed by atoms with Crippen LogP contribution in [-0.2, 0) is 19.4 Å². The van der Waals surface area contributed by atoms with Crippen molar-refractivity contribution in [2.45, 2.75) is 57.4 Å². The average molecular weight is 459 g/mol. The lowest BCUT2D eigenvalue weighted by atomic mass is 10.1. The standard InChI is InChI=1S/C22H24Cl2N6O/c23-15-7-8-18(17(24)12-15)30-21(14-5-6-14)16(13-26-30)22(31)25-10-9-20-28-27-19-4-2-1-3-11-29(19)20/h7-8,12-14H,1-6,9-11H2,(H,25,31). The van der Waals surface area contributed by atoms with Crippen molar-refractivity contribution in [3.05, 3.63) is 57.3 Å². The number of nitrogens with one attached hydrogen (secondary N) is 1. The van der Waals surface area contributed by atoms with Crippen LogP contribution in [0.25, 0.3) is 5.69 Å². The lowest BCUT2D eigenvalue weighted by Crippen LogP contribution is -2.27. The van der Waals surface area contributed by atoms with E-state index in [9.17, 15) is 4.79 Å². The van der Waals surface area contributed by atoms with Crippen LogP contribution in [0.2, 0.25) is 10.0 Å². The summed E-state index contributed by atoms with van der Waals surface area (Å²) in [5, 5.41) is 17.3. The molecule has 162 valence electrons. The molecule has 3 aromatic rings. The molecule has 1 saturated carbocycles. The fourth-order valence-electron chi connectivity index (χ4n) is 4.24. The highest BCUT2D eigenvalue weighted by molar-refractivity contribution is 6.35. The van der Waals surface area contributed by atoms with E-state index in [1.807, 2.05) is 6.07 Å². The van der Waals surface area contributed by atoms with Gasteiger partial charge in [-0.1, -0.05) is 29.6 Å². The van der Waals surface area contributed by atoms with Crippen molar-refractivity contribution in [2.24, 2.45) is 0 Å². The molecule has 2 aromatic heterocycles.